The molecule has 3 aromatic carbocycles. The number of rotatable bonds is 12. The molecule has 0 radical (unpaired) electrons. The van der Waals surface area contributed by atoms with E-state index < -0.39 is 17.4 Å². The highest BCUT2D eigenvalue weighted by Gasteiger charge is 2.52. The average Bonchev–Trinajstić information content (AvgIpc) is 3.56. The first-order valence-corrected chi connectivity index (χ1v) is 14.2. The van der Waals surface area contributed by atoms with Gasteiger partial charge in [-0.3, -0.25) is 14.3 Å². The monoisotopic (exact) mass is 581 g/mol. The molecule has 2 amide bonds. The summed E-state index contributed by atoms with van der Waals surface area (Å²) in [6, 6.07) is 21.6. The minimum atomic E-state index is -1.84. The third kappa shape index (κ3) is 6.35. The number of amides is 2. The highest BCUT2D eigenvalue weighted by atomic mass is 16.5. The van der Waals surface area contributed by atoms with Crippen molar-refractivity contribution in [2.24, 2.45) is 5.92 Å². The molecule has 1 aromatic heterocycles. The van der Waals surface area contributed by atoms with Crippen LogP contribution in [0.25, 0.3) is 0 Å². The maximum absolute atomic E-state index is 14.0. The molecule has 3 N–H and O–H groups in total. The number of nitrogens with one attached hydrogen (secondary N) is 1. The van der Waals surface area contributed by atoms with Crippen LogP contribution in [0.15, 0.2) is 91.1 Å². The van der Waals surface area contributed by atoms with E-state index in [2.05, 4.69) is 15.6 Å². The summed E-state index contributed by atoms with van der Waals surface area (Å²) in [6.45, 7) is 2.68. The second-order valence-corrected chi connectivity index (χ2v) is 10.5. The average molecular weight is 582 g/mol. The number of carbonyl (C=O) groups is 2. The van der Waals surface area contributed by atoms with Crippen LogP contribution in [0, 0.1) is 5.92 Å². The van der Waals surface area contributed by atoms with Gasteiger partial charge in [0.25, 0.3) is 11.8 Å². The molecule has 1 aliphatic heterocycles. The van der Waals surface area contributed by atoms with E-state index in [1.54, 1.807) is 65.4 Å². The number of aromatic nitrogens is 3. The summed E-state index contributed by atoms with van der Waals surface area (Å²) >= 11 is 0. The van der Waals surface area contributed by atoms with Gasteiger partial charge in [0.1, 0.15) is 5.75 Å². The molecular weight excluding hydrogens is 546 g/mol. The van der Waals surface area contributed by atoms with Crippen molar-refractivity contribution >= 4 is 23.2 Å². The zero-order chi connectivity index (χ0) is 30.4. The third-order valence-electron chi connectivity index (χ3n) is 7.63. The van der Waals surface area contributed by atoms with Gasteiger partial charge >= 0.3 is 0 Å². The molecule has 0 bridgehead atoms. The second-order valence-electron chi connectivity index (χ2n) is 10.5. The number of hydrogen-bond acceptors (Lipinski definition) is 7. The summed E-state index contributed by atoms with van der Waals surface area (Å²) in [4.78, 5) is 28.5. The van der Waals surface area contributed by atoms with Gasteiger partial charge in [0.2, 0.25) is 0 Å². The van der Waals surface area contributed by atoms with Crippen LogP contribution in [0.5, 0.6) is 5.75 Å². The van der Waals surface area contributed by atoms with E-state index in [0.29, 0.717) is 54.2 Å². The maximum atomic E-state index is 14.0. The number of anilines is 2. The summed E-state index contributed by atoms with van der Waals surface area (Å²) in [5, 5.41) is 32.2. The molecule has 0 fully saturated rings. The lowest BCUT2D eigenvalue weighted by atomic mass is 9.82. The summed E-state index contributed by atoms with van der Waals surface area (Å²) in [7, 11) is 1.56. The number of fused-ring (bicyclic) bond motifs is 1. The number of aryl methyl sites for hydroxylation is 1. The highest BCUT2D eigenvalue weighted by molar-refractivity contribution is 6.09. The van der Waals surface area contributed by atoms with Crippen molar-refractivity contribution in [3.63, 3.8) is 0 Å². The van der Waals surface area contributed by atoms with E-state index in [4.69, 9.17) is 9.84 Å². The first-order valence-electron chi connectivity index (χ1n) is 14.2. The Morgan fingerprint density at radius 1 is 1.12 bits per heavy atom. The number of hydrogen-bond donors (Lipinski definition) is 3. The van der Waals surface area contributed by atoms with Crippen LogP contribution in [0.2, 0.25) is 0 Å². The standard InChI is InChI=1S/C33H35N5O5/c1-23(8-6-7-18-37-22-27(17-19-39)35-36-37)33(42)29-20-26(34-31(40)25-11-14-28(43-2)15-12-25)13-16-30(29)38(32(33)41)21-24-9-4-3-5-10-24/h3-6,8-16,20,22-23,39,42H,7,17-19,21H2,1-2H3,(H,34,40)/b8-6+/t23-,33+/m0/s1. The maximum Gasteiger partial charge on any atom is 0.264 e. The topological polar surface area (TPSA) is 130 Å². The molecule has 0 spiro atoms. The molecule has 0 aliphatic carbocycles. The number of carbonyl (C=O) groups excluding carboxylic acids is 2. The van der Waals surface area contributed by atoms with Crippen LogP contribution in [0.4, 0.5) is 11.4 Å². The molecule has 4 aromatic rings. The molecule has 2 heterocycles. The first kappa shape index (κ1) is 29.7. The predicted molar refractivity (Wildman–Crippen MR) is 163 cm³/mol. The molecule has 2 atom stereocenters. The summed E-state index contributed by atoms with van der Waals surface area (Å²) in [5.41, 5.74) is 1.75. The fourth-order valence-corrected chi connectivity index (χ4v) is 5.22. The smallest absolute Gasteiger partial charge is 0.264 e. The normalized spacial score (nSPS) is 16.8. The van der Waals surface area contributed by atoms with Gasteiger partial charge in [0.05, 0.1) is 25.0 Å². The predicted octanol–water partition coefficient (Wildman–Crippen LogP) is 4.09. The number of methoxy groups -OCH3 is 1. The van der Waals surface area contributed by atoms with Gasteiger partial charge < -0.3 is 25.2 Å². The van der Waals surface area contributed by atoms with Gasteiger partial charge in [-0.25, -0.2) is 0 Å². The number of benzene rings is 3. The molecule has 43 heavy (non-hydrogen) atoms. The lowest BCUT2D eigenvalue weighted by Crippen LogP contribution is -2.44. The minimum absolute atomic E-state index is 0.0123. The fraction of sp³-hybridized carbons (Fsp3) is 0.273. The summed E-state index contributed by atoms with van der Waals surface area (Å²) in [5.74, 6) is -0.675. The lowest BCUT2D eigenvalue weighted by molar-refractivity contribution is -0.139. The summed E-state index contributed by atoms with van der Waals surface area (Å²) in [6.07, 6.45) is 6.60. The molecule has 0 saturated carbocycles. The number of aliphatic hydroxyl groups excluding tert-OH is 1. The van der Waals surface area contributed by atoms with Crippen LogP contribution in [-0.2, 0) is 29.9 Å². The summed E-state index contributed by atoms with van der Waals surface area (Å²) < 4.78 is 6.87. The van der Waals surface area contributed by atoms with Crippen molar-refractivity contribution in [1.82, 2.24) is 15.0 Å². The molecule has 0 saturated heterocycles. The first-order chi connectivity index (χ1) is 20.8. The van der Waals surface area contributed by atoms with Crippen molar-refractivity contribution in [2.45, 2.75) is 38.5 Å². The van der Waals surface area contributed by atoms with Gasteiger partial charge in [0.15, 0.2) is 5.60 Å². The number of ether oxygens (including phenoxy) is 1. The molecule has 0 unspecified atom stereocenters. The molecule has 222 valence electrons. The molecule has 10 heteroatoms. The van der Waals surface area contributed by atoms with Crippen LogP contribution >= 0.6 is 0 Å². The second kappa shape index (κ2) is 13.0. The Labute approximate surface area is 250 Å². The Balaban J connectivity index is 1.39. The Kier molecular flexibility index (Phi) is 8.98. The van der Waals surface area contributed by atoms with Crippen LogP contribution in [0.1, 0.15) is 40.5 Å². The van der Waals surface area contributed by atoms with Gasteiger partial charge in [-0.05, 0) is 54.4 Å². The zero-order valence-corrected chi connectivity index (χ0v) is 24.2. The van der Waals surface area contributed by atoms with Gasteiger partial charge in [-0.15, -0.1) is 5.10 Å². The van der Waals surface area contributed by atoms with Crippen LogP contribution in [0.3, 0.4) is 0 Å². The Bertz CT molecular complexity index is 1600. The third-order valence-corrected chi connectivity index (χ3v) is 7.63. The molecule has 1 aliphatic rings. The van der Waals surface area contributed by atoms with E-state index in [0.717, 1.165) is 11.3 Å². The van der Waals surface area contributed by atoms with Crippen molar-refractivity contribution in [3.05, 3.63) is 114 Å². The van der Waals surface area contributed by atoms with Crippen molar-refractivity contribution in [3.8, 4) is 5.75 Å². The number of allylic oxidation sites excluding steroid dienone is 1. The van der Waals surface area contributed by atoms with E-state index in [9.17, 15) is 14.7 Å². The fourth-order valence-electron chi connectivity index (χ4n) is 5.22. The molecule has 5 rings (SSSR count). The van der Waals surface area contributed by atoms with Crippen molar-refractivity contribution < 1.29 is 24.5 Å². The van der Waals surface area contributed by atoms with Gasteiger partial charge in [-0.1, -0.05) is 54.6 Å². The Hall–Kier alpha value is -4.80. The van der Waals surface area contributed by atoms with Crippen molar-refractivity contribution in [1.29, 1.82) is 0 Å². The largest absolute Gasteiger partial charge is 0.497 e. The highest BCUT2D eigenvalue weighted by Crippen LogP contribution is 2.47. The van der Waals surface area contributed by atoms with Gasteiger partial charge in [0, 0.05) is 48.5 Å². The minimum Gasteiger partial charge on any atom is -0.497 e. The zero-order valence-electron chi connectivity index (χ0n) is 24.2. The van der Waals surface area contributed by atoms with Crippen molar-refractivity contribution in [2.75, 3.05) is 23.9 Å². The van der Waals surface area contributed by atoms with E-state index >= 15 is 0 Å². The lowest BCUT2D eigenvalue weighted by Gasteiger charge is -2.28. The van der Waals surface area contributed by atoms with E-state index in [-0.39, 0.29) is 12.5 Å². The Morgan fingerprint density at radius 2 is 1.88 bits per heavy atom. The SMILES string of the molecule is COc1ccc(C(=O)Nc2ccc3c(c2)[C@](O)([C@@H](C)/C=C/CCn2cc(CCO)nn2)C(=O)N3Cc2ccccc2)cc1. The van der Waals surface area contributed by atoms with Gasteiger partial charge in [-0.2, -0.15) is 0 Å². The van der Waals surface area contributed by atoms with Crippen LogP contribution < -0.4 is 15.0 Å². The number of nitrogens with zero attached hydrogens (tertiary/aromatic N) is 4. The van der Waals surface area contributed by atoms with Crippen LogP contribution in [-0.4, -0.2) is 50.7 Å². The Morgan fingerprint density at radius 3 is 2.60 bits per heavy atom. The van der Waals surface area contributed by atoms with E-state index in [1.165, 1.54) is 0 Å². The molecule has 10 nitrogen and oxygen atoms in total. The van der Waals surface area contributed by atoms with E-state index in [1.807, 2.05) is 49.4 Å². The number of aliphatic hydroxyl groups is 2. The quantitative estimate of drug-likeness (QED) is 0.215. The molecular formula is C33H35N5O5.